The topological polar surface area (TPSA) is 85.8 Å². The first-order valence-corrected chi connectivity index (χ1v) is 9.53. The zero-order valence-corrected chi connectivity index (χ0v) is 16.1. The van der Waals surface area contributed by atoms with E-state index in [1.165, 1.54) is 18.2 Å². The van der Waals surface area contributed by atoms with E-state index in [4.69, 9.17) is 0 Å². The molecule has 0 spiro atoms. The van der Waals surface area contributed by atoms with Crippen LogP contribution < -0.4 is 16.0 Å². The second-order valence-electron chi connectivity index (χ2n) is 6.07. The van der Waals surface area contributed by atoms with Gasteiger partial charge in [-0.15, -0.1) is 11.3 Å². The highest BCUT2D eigenvalue weighted by Gasteiger charge is 2.12. The third-order valence-corrected chi connectivity index (χ3v) is 5.20. The number of benzene rings is 2. The van der Waals surface area contributed by atoms with Gasteiger partial charge in [-0.05, 0) is 35.7 Å². The molecule has 0 fully saturated rings. The molecule has 0 saturated heterocycles. The van der Waals surface area contributed by atoms with E-state index in [0.29, 0.717) is 11.6 Å². The largest absolute Gasteiger partial charge is 0.386 e. The number of carbonyl (C=O) groups excluding carboxylic acids is 1. The van der Waals surface area contributed by atoms with Gasteiger partial charge in [0, 0.05) is 28.9 Å². The summed E-state index contributed by atoms with van der Waals surface area (Å²) >= 11 is 1.54. The van der Waals surface area contributed by atoms with Crippen LogP contribution in [0.15, 0.2) is 59.6 Å². The summed E-state index contributed by atoms with van der Waals surface area (Å²) in [6.07, 6.45) is -0.697. The third kappa shape index (κ3) is 5.28. The summed E-state index contributed by atoms with van der Waals surface area (Å²) in [6, 6.07) is 15.6. The van der Waals surface area contributed by atoms with Crippen molar-refractivity contribution in [3.8, 4) is 0 Å². The quantitative estimate of drug-likeness (QED) is 0.379. The Morgan fingerprint density at radius 2 is 2.00 bits per heavy atom. The van der Waals surface area contributed by atoms with Crippen LogP contribution >= 0.6 is 11.3 Å². The average molecular weight is 400 g/mol. The average Bonchev–Trinajstić information content (AvgIpc) is 3.12. The minimum absolute atomic E-state index is 0.0465. The summed E-state index contributed by atoms with van der Waals surface area (Å²) in [7, 11) is 1.58. The van der Waals surface area contributed by atoms with Crippen LogP contribution in [-0.4, -0.2) is 37.1 Å². The lowest BCUT2D eigenvalue weighted by Crippen LogP contribution is -2.42. The number of guanidine groups is 1. The van der Waals surface area contributed by atoms with Crippen LogP contribution in [0.4, 0.5) is 10.1 Å². The standard InChI is InChI=1S/C20H21FN4O2S/c1-22-20(24-12-19(27)25-15-7-4-6-14(21)10-15)23-11-16(26)18-9-13-5-2-3-8-17(13)28-18/h2-10,16,26H,11-12H2,1H3,(H,25,27)(H2,22,23,24). The Balaban J connectivity index is 1.48. The minimum Gasteiger partial charge on any atom is -0.386 e. The molecule has 8 heteroatoms. The number of nitrogens with zero attached hydrogens (tertiary/aromatic N) is 1. The highest BCUT2D eigenvalue weighted by molar-refractivity contribution is 7.19. The molecule has 3 rings (SSSR count). The van der Waals surface area contributed by atoms with Crippen molar-refractivity contribution in [2.24, 2.45) is 4.99 Å². The SMILES string of the molecule is CN=C(NCC(=O)Nc1cccc(F)c1)NCC(O)c1cc2ccccc2s1. The number of nitrogens with one attached hydrogen (secondary N) is 3. The van der Waals surface area contributed by atoms with Gasteiger partial charge >= 0.3 is 0 Å². The van der Waals surface area contributed by atoms with Gasteiger partial charge in [0.1, 0.15) is 11.9 Å². The molecule has 2 aromatic carbocycles. The number of hydrogen-bond donors (Lipinski definition) is 4. The van der Waals surface area contributed by atoms with Gasteiger partial charge in [0.2, 0.25) is 5.91 Å². The normalized spacial score (nSPS) is 12.6. The molecule has 0 bridgehead atoms. The number of carbonyl (C=O) groups is 1. The molecule has 1 amide bonds. The molecule has 0 radical (unpaired) electrons. The Morgan fingerprint density at radius 3 is 2.75 bits per heavy atom. The minimum atomic E-state index is -0.697. The van der Waals surface area contributed by atoms with Crippen molar-refractivity contribution in [1.29, 1.82) is 0 Å². The van der Waals surface area contributed by atoms with E-state index in [9.17, 15) is 14.3 Å². The van der Waals surface area contributed by atoms with E-state index in [-0.39, 0.29) is 19.0 Å². The van der Waals surface area contributed by atoms with E-state index >= 15 is 0 Å². The second-order valence-corrected chi connectivity index (χ2v) is 7.18. The third-order valence-electron chi connectivity index (χ3n) is 3.98. The molecule has 1 unspecified atom stereocenters. The fourth-order valence-electron chi connectivity index (χ4n) is 2.62. The molecule has 1 atom stereocenters. The lowest BCUT2D eigenvalue weighted by atomic mass is 10.2. The van der Waals surface area contributed by atoms with Crippen molar-refractivity contribution in [3.63, 3.8) is 0 Å². The number of anilines is 1. The molecular weight excluding hydrogens is 379 g/mol. The Bertz CT molecular complexity index is 956. The number of rotatable bonds is 6. The molecule has 1 aromatic heterocycles. The summed E-state index contributed by atoms with van der Waals surface area (Å²) in [6.45, 7) is 0.202. The smallest absolute Gasteiger partial charge is 0.243 e. The van der Waals surface area contributed by atoms with Crippen molar-refractivity contribution in [2.75, 3.05) is 25.5 Å². The fourth-order valence-corrected chi connectivity index (χ4v) is 3.67. The van der Waals surface area contributed by atoms with Gasteiger partial charge in [0.15, 0.2) is 5.96 Å². The number of thiophene rings is 1. The van der Waals surface area contributed by atoms with Gasteiger partial charge in [0.05, 0.1) is 6.54 Å². The Hall–Kier alpha value is -2.97. The maximum atomic E-state index is 13.2. The maximum absolute atomic E-state index is 13.2. The fraction of sp³-hybridized carbons (Fsp3) is 0.200. The zero-order valence-electron chi connectivity index (χ0n) is 15.3. The van der Waals surface area contributed by atoms with Gasteiger partial charge < -0.3 is 21.1 Å². The zero-order chi connectivity index (χ0) is 19.9. The van der Waals surface area contributed by atoms with Crippen LogP contribution in [0, 0.1) is 5.82 Å². The number of aliphatic imine (C=N–C) groups is 1. The molecule has 4 N–H and O–H groups in total. The first-order valence-electron chi connectivity index (χ1n) is 8.71. The summed E-state index contributed by atoms with van der Waals surface area (Å²) < 4.78 is 14.3. The van der Waals surface area contributed by atoms with Gasteiger partial charge in [-0.2, -0.15) is 0 Å². The van der Waals surface area contributed by atoms with E-state index in [2.05, 4.69) is 20.9 Å². The van der Waals surface area contributed by atoms with Crippen LogP contribution in [0.2, 0.25) is 0 Å². The molecule has 0 aliphatic rings. The summed E-state index contributed by atoms with van der Waals surface area (Å²) in [5.41, 5.74) is 0.384. The molecule has 146 valence electrons. The van der Waals surface area contributed by atoms with Gasteiger partial charge in [-0.1, -0.05) is 24.3 Å². The van der Waals surface area contributed by atoms with Crippen LogP contribution in [0.5, 0.6) is 0 Å². The lowest BCUT2D eigenvalue weighted by Gasteiger charge is -2.14. The van der Waals surface area contributed by atoms with Crippen molar-refractivity contribution in [1.82, 2.24) is 10.6 Å². The van der Waals surface area contributed by atoms with Crippen molar-refractivity contribution in [3.05, 3.63) is 65.3 Å². The molecule has 3 aromatic rings. The monoisotopic (exact) mass is 400 g/mol. The maximum Gasteiger partial charge on any atom is 0.243 e. The van der Waals surface area contributed by atoms with Crippen molar-refractivity contribution >= 4 is 39.0 Å². The van der Waals surface area contributed by atoms with E-state index in [1.807, 2.05) is 30.3 Å². The van der Waals surface area contributed by atoms with Crippen LogP contribution in [-0.2, 0) is 4.79 Å². The van der Waals surface area contributed by atoms with Crippen molar-refractivity contribution in [2.45, 2.75) is 6.10 Å². The molecular formula is C20H21FN4O2S. The van der Waals surface area contributed by atoms with E-state index in [1.54, 1.807) is 24.5 Å². The summed E-state index contributed by atoms with van der Waals surface area (Å²) in [4.78, 5) is 16.9. The first-order chi connectivity index (χ1) is 13.5. The predicted molar refractivity (Wildman–Crippen MR) is 111 cm³/mol. The molecule has 1 heterocycles. The van der Waals surface area contributed by atoms with Crippen LogP contribution in [0.3, 0.4) is 0 Å². The molecule has 0 aliphatic heterocycles. The van der Waals surface area contributed by atoms with Crippen molar-refractivity contribution < 1.29 is 14.3 Å². The number of aliphatic hydroxyl groups excluding tert-OH is 1. The second kappa shape index (κ2) is 9.29. The number of aliphatic hydroxyl groups is 1. The summed E-state index contributed by atoms with van der Waals surface area (Å²) in [5.74, 6) is -0.369. The van der Waals surface area contributed by atoms with E-state index < -0.39 is 11.9 Å². The number of halogens is 1. The Morgan fingerprint density at radius 1 is 1.18 bits per heavy atom. The highest BCUT2D eigenvalue weighted by Crippen LogP contribution is 2.29. The van der Waals surface area contributed by atoms with E-state index in [0.717, 1.165) is 15.0 Å². The lowest BCUT2D eigenvalue weighted by molar-refractivity contribution is -0.115. The van der Waals surface area contributed by atoms with Gasteiger partial charge in [0.25, 0.3) is 0 Å². The van der Waals surface area contributed by atoms with Crippen LogP contribution in [0.25, 0.3) is 10.1 Å². The molecule has 0 aliphatic carbocycles. The molecule has 6 nitrogen and oxygen atoms in total. The molecule has 0 saturated carbocycles. The Kier molecular flexibility index (Phi) is 6.57. The van der Waals surface area contributed by atoms with Gasteiger partial charge in [-0.25, -0.2) is 4.39 Å². The number of amides is 1. The highest BCUT2D eigenvalue weighted by atomic mass is 32.1. The van der Waals surface area contributed by atoms with Gasteiger partial charge in [-0.3, -0.25) is 9.79 Å². The first kappa shape index (κ1) is 19.8. The Labute approximate surface area is 166 Å². The predicted octanol–water partition coefficient (Wildman–Crippen LogP) is 2.88. The van der Waals surface area contributed by atoms with Crippen LogP contribution in [0.1, 0.15) is 11.0 Å². The number of hydrogen-bond acceptors (Lipinski definition) is 4. The summed E-state index contributed by atoms with van der Waals surface area (Å²) in [5, 5.41) is 20.0. The number of fused-ring (bicyclic) bond motifs is 1. The molecule has 28 heavy (non-hydrogen) atoms.